The van der Waals surface area contributed by atoms with E-state index in [4.69, 9.17) is 4.42 Å². The smallest absolute Gasteiger partial charge is 0.289 e. The number of carbonyl (C=O) groups excluding carboxylic acids is 2. The summed E-state index contributed by atoms with van der Waals surface area (Å²) in [4.78, 5) is 31.0. The highest BCUT2D eigenvalue weighted by atomic mass is 16.3. The molecule has 2 aromatic heterocycles. The summed E-state index contributed by atoms with van der Waals surface area (Å²) in [5.74, 6) is 0.315. The Kier molecular flexibility index (Phi) is 6.88. The van der Waals surface area contributed by atoms with Crippen LogP contribution in [0.3, 0.4) is 0 Å². The molecule has 1 aromatic carbocycles. The standard InChI is InChI=1S/C24H30N6O3/c1-27(2)13-14-28(3)24(32)22-16-20-15-18(6-7-21(20)33-22)19-5-4-10-29(17-19)23(31)8-11-30-12-9-25-26-30/h5-7,9,12,15-16H,4,8,10-11,13-14,17H2,1-3H3. The number of aromatic nitrogens is 3. The van der Waals surface area contributed by atoms with Crippen LogP contribution in [0, 0.1) is 0 Å². The van der Waals surface area contributed by atoms with Gasteiger partial charge >= 0.3 is 0 Å². The molecule has 3 heterocycles. The topological polar surface area (TPSA) is 87.7 Å². The van der Waals surface area contributed by atoms with E-state index in [-0.39, 0.29) is 11.8 Å². The second-order valence-corrected chi connectivity index (χ2v) is 8.64. The molecule has 0 fully saturated rings. The van der Waals surface area contributed by atoms with E-state index in [0.717, 1.165) is 29.5 Å². The maximum atomic E-state index is 12.7. The molecule has 0 saturated carbocycles. The minimum absolute atomic E-state index is 0.106. The van der Waals surface area contributed by atoms with Crippen LogP contribution in [-0.2, 0) is 11.3 Å². The SMILES string of the molecule is CN(C)CCN(C)C(=O)c1cc2cc(C3=CCCN(C(=O)CCn4ccnn4)C3)ccc2o1. The summed E-state index contributed by atoms with van der Waals surface area (Å²) in [6, 6.07) is 7.72. The Morgan fingerprint density at radius 1 is 1.15 bits per heavy atom. The minimum Gasteiger partial charge on any atom is -0.451 e. The van der Waals surface area contributed by atoms with Crippen LogP contribution in [0.1, 0.15) is 29.0 Å². The molecule has 0 N–H and O–H groups in total. The Hall–Kier alpha value is -3.46. The number of amides is 2. The van der Waals surface area contributed by atoms with Crippen LogP contribution in [0.5, 0.6) is 0 Å². The summed E-state index contributed by atoms with van der Waals surface area (Å²) in [6.07, 6.45) is 6.76. The minimum atomic E-state index is -0.129. The summed E-state index contributed by atoms with van der Waals surface area (Å²) >= 11 is 0. The molecule has 0 spiro atoms. The molecule has 0 atom stereocenters. The van der Waals surface area contributed by atoms with Crippen LogP contribution in [-0.4, -0.2) is 88.8 Å². The first kappa shape index (κ1) is 22.7. The van der Waals surface area contributed by atoms with E-state index in [2.05, 4.69) is 16.4 Å². The Balaban J connectivity index is 1.43. The van der Waals surface area contributed by atoms with Crippen LogP contribution in [0.15, 0.2) is 47.2 Å². The lowest BCUT2D eigenvalue weighted by molar-refractivity contribution is -0.131. The van der Waals surface area contributed by atoms with Gasteiger partial charge in [0, 0.05) is 51.2 Å². The summed E-state index contributed by atoms with van der Waals surface area (Å²) in [7, 11) is 5.74. The van der Waals surface area contributed by atoms with Gasteiger partial charge in [-0.15, -0.1) is 5.10 Å². The molecule has 9 nitrogen and oxygen atoms in total. The number of hydrogen-bond acceptors (Lipinski definition) is 6. The van der Waals surface area contributed by atoms with Crippen molar-refractivity contribution in [2.45, 2.75) is 19.4 Å². The van der Waals surface area contributed by atoms with Gasteiger partial charge in [-0.3, -0.25) is 14.3 Å². The zero-order valence-electron chi connectivity index (χ0n) is 19.4. The molecule has 1 aliphatic rings. The molecule has 4 rings (SSSR count). The number of fused-ring (bicyclic) bond motifs is 1. The molecule has 0 radical (unpaired) electrons. The third-order valence-electron chi connectivity index (χ3n) is 5.86. The summed E-state index contributed by atoms with van der Waals surface area (Å²) in [6.45, 7) is 3.22. The average molecular weight is 451 g/mol. The third kappa shape index (κ3) is 5.48. The van der Waals surface area contributed by atoms with Crippen molar-refractivity contribution in [2.24, 2.45) is 0 Å². The highest BCUT2D eigenvalue weighted by molar-refractivity contribution is 5.96. The highest BCUT2D eigenvalue weighted by Gasteiger charge is 2.21. The molecule has 2 amide bonds. The van der Waals surface area contributed by atoms with Crippen molar-refractivity contribution in [2.75, 3.05) is 47.3 Å². The van der Waals surface area contributed by atoms with Crippen molar-refractivity contribution in [3.8, 4) is 0 Å². The maximum Gasteiger partial charge on any atom is 0.289 e. The normalized spacial score (nSPS) is 14.1. The van der Waals surface area contributed by atoms with E-state index in [1.807, 2.05) is 42.1 Å². The predicted molar refractivity (Wildman–Crippen MR) is 126 cm³/mol. The zero-order chi connectivity index (χ0) is 23.4. The van der Waals surface area contributed by atoms with Gasteiger partial charge in [0.2, 0.25) is 5.91 Å². The molecule has 0 saturated heterocycles. The second-order valence-electron chi connectivity index (χ2n) is 8.64. The number of carbonyl (C=O) groups is 2. The number of likely N-dealkylation sites (N-methyl/N-ethyl adjacent to an activating group) is 2. The Labute approximate surface area is 193 Å². The number of aryl methyl sites for hydroxylation is 1. The van der Waals surface area contributed by atoms with E-state index in [1.54, 1.807) is 35.1 Å². The van der Waals surface area contributed by atoms with Crippen LogP contribution in [0.25, 0.3) is 16.5 Å². The van der Waals surface area contributed by atoms with E-state index in [0.29, 0.717) is 43.9 Å². The second kappa shape index (κ2) is 9.99. The zero-order valence-corrected chi connectivity index (χ0v) is 19.4. The fourth-order valence-corrected chi connectivity index (χ4v) is 3.87. The molecule has 0 aliphatic carbocycles. The van der Waals surface area contributed by atoms with E-state index >= 15 is 0 Å². The van der Waals surface area contributed by atoms with Crippen LogP contribution < -0.4 is 0 Å². The number of hydrogen-bond donors (Lipinski definition) is 0. The third-order valence-corrected chi connectivity index (χ3v) is 5.86. The summed E-state index contributed by atoms with van der Waals surface area (Å²) in [5, 5.41) is 8.57. The molecule has 33 heavy (non-hydrogen) atoms. The average Bonchev–Trinajstić information content (AvgIpc) is 3.49. The van der Waals surface area contributed by atoms with Crippen molar-refractivity contribution in [3.05, 3.63) is 54.1 Å². The van der Waals surface area contributed by atoms with E-state index in [9.17, 15) is 9.59 Å². The van der Waals surface area contributed by atoms with Gasteiger partial charge in [0.15, 0.2) is 5.76 Å². The first-order chi connectivity index (χ1) is 15.9. The van der Waals surface area contributed by atoms with Gasteiger partial charge < -0.3 is 19.1 Å². The fraction of sp³-hybridized carbons (Fsp3) is 0.417. The van der Waals surface area contributed by atoms with Crippen molar-refractivity contribution < 1.29 is 14.0 Å². The Bertz CT molecular complexity index is 1150. The molecule has 174 valence electrons. The van der Waals surface area contributed by atoms with Crippen molar-refractivity contribution in [1.82, 2.24) is 29.7 Å². The number of benzene rings is 1. The predicted octanol–water partition coefficient (Wildman–Crippen LogP) is 2.36. The van der Waals surface area contributed by atoms with Crippen LogP contribution in [0.4, 0.5) is 0 Å². The maximum absolute atomic E-state index is 12.7. The van der Waals surface area contributed by atoms with Gasteiger partial charge in [-0.05, 0) is 49.9 Å². The first-order valence-corrected chi connectivity index (χ1v) is 11.2. The van der Waals surface area contributed by atoms with Crippen molar-refractivity contribution in [3.63, 3.8) is 0 Å². The fourth-order valence-electron chi connectivity index (χ4n) is 3.87. The number of rotatable bonds is 8. The summed E-state index contributed by atoms with van der Waals surface area (Å²) in [5.41, 5.74) is 2.83. The van der Waals surface area contributed by atoms with Gasteiger partial charge in [-0.2, -0.15) is 0 Å². The lowest BCUT2D eigenvalue weighted by Gasteiger charge is -2.27. The summed E-state index contributed by atoms with van der Waals surface area (Å²) < 4.78 is 7.49. The lowest BCUT2D eigenvalue weighted by Crippen LogP contribution is -2.35. The van der Waals surface area contributed by atoms with Gasteiger partial charge in [0.1, 0.15) is 5.58 Å². The van der Waals surface area contributed by atoms with Crippen molar-refractivity contribution in [1.29, 1.82) is 0 Å². The molecule has 0 bridgehead atoms. The van der Waals surface area contributed by atoms with E-state index < -0.39 is 0 Å². The molecule has 9 heteroatoms. The molecular formula is C24H30N6O3. The number of furan rings is 1. The molecule has 1 aliphatic heterocycles. The Morgan fingerprint density at radius 2 is 2.00 bits per heavy atom. The largest absolute Gasteiger partial charge is 0.451 e. The van der Waals surface area contributed by atoms with Crippen LogP contribution >= 0.6 is 0 Å². The molecule has 0 unspecified atom stereocenters. The monoisotopic (exact) mass is 450 g/mol. The van der Waals surface area contributed by atoms with Gasteiger partial charge in [0.05, 0.1) is 12.7 Å². The van der Waals surface area contributed by atoms with Crippen LogP contribution in [0.2, 0.25) is 0 Å². The molecule has 3 aromatic rings. The quantitative estimate of drug-likeness (QED) is 0.524. The van der Waals surface area contributed by atoms with E-state index in [1.165, 1.54) is 0 Å². The van der Waals surface area contributed by atoms with Gasteiger partial charge in [-0.1, -0.05) is 17.4 Å². The highest BCUT2D eigenvalue weighted by Crippen LogP contribution is 2.27. The Morgan fingerprint density at radius 3 is 2.76 bits per heavy atom. The first-order valence-electron chi connectivity index (χ1n) is 11.2. The van der Waals surface area contributed by atoms with Gasteiger partial charge in [-0.25, -0.2) is 0 Å². The van der Waals surface area contributed by atoms with Crippen molar-refractivity contribution >= 4 is 28.4 Å². The molecular weight excluding hydrogens is 420 g/mol. The van der Waals surface area contributed by atoms with Gasteiger partial charge in [0.25, 0.3) is 5.91 Å². The number of nitrogens with zero attached hydrogens (tertiary/aromatic N) is 6. The lowest BCUT2D eigenvalue weighted by atomic mass is 9.99.